The number of nitrogens with two attached hydrogens (primary N) is 1. The molecule has 0 bridgehead atoms. The largest absolute Gasteiger partial charge is 0.391 e. The Morgan fingerprint density at radius 3 is 1.25 bits per heavy atom. The summed E-state index contributed by atoms with van der Waals surface area (Å²) in [5.41, 5.74) is 6.33. The summed E-state index contributed by atoms with van der Waals surface area (Å²) < 4.78 is 0. The van der Waals surface area contributed by atoms with E-state index >= 15 is 0 Å². The molecule has 0 aliphatic rings. The van der Waals surface area contributed by atoms with Crippen LogP contribution in [0.2, 0.25) is 0 Å². The predicted molar refractivity (Wildman–Crippen MR) is 179 cm³/mol. The van der Waals surface area contributed by atoms with Gasteiger partial charge in [0.2, 0.25) is 0 Å². The van der Waals surface area contributed by atoms with Crippen molar-refractivity contribution in [3.8, 4) is 0 Å². The van der Waals surface area contributed by atoms with E-state index in [1.54, 1.807) is 0 Å². The van der Waals surface area contributed by atoms with Crippen LogP contribution in [0.15, 0.2) is 12.2 Å². The smallest absolute Gasteiger partial charge is 0.0897 e. The van der Waals surface area contributed by atoms with Gasteiger partial charge in [-0.2, -0.15) is 0 Å². The van der Waals surface area contributed by atoms with Crippen LogP contribution in [-0.4, -0.2) is 28.5 Å². The van der Waals surface area contributed by atoms with Crippen molar-refractivity contribution in [2.24, 2.45) is 11.7 Å². The van der Waals surface area contributed by atoms with E-state index in [9.17, 15) is 10.2 Å². The maximum Gasteiger partial charge on any atom is 0.0897 e. The van der Waals surface area contributed by atoms with Gasteiger partial charge >= 0.3 is 0 Å². The number of allylic oxidation sites excluding steroid dienone is 1. The molecule has 0 rings (SSSR count). The summed E-state index contributed by atoms with van der Waals surface area (Å²) in [4.78, 5) is 0. The van der Waals surface area contributed by atoms with Crippen LogP contribution in [0.5, 0.6) is 0 Å². The van der Waals surface area contributed by atoms with Crippen molar-refractivity contribution in [1.82, 2.24) is 0 Å². The Labute approximate surface area is 252 Å². The fourth-order valence-electron chi connectivity index (χ4n) is 6.09. The Hall–Kier alpha value is -0.380. The summed E-state index contributed by atoms with van der Waals surface area (Å²) in [5.74, 6) is 0.197. The third-order valence-corrected chi connectivity index (χ3v) is 8.92. The van der Waals surface area contributed by atoms with Crippen LogP contribution < -0.4 is 5.73 Å². The van der Waals surface area contributed by atoms with E-state index in [1.165, 1.54) is 148 Å². The highest BCUT2D eigenvalue weighted by molar-refractivity contribution is 4.97. The Morgan fingerprint density at radius 1 is 0.475 bits per heavy atom. The third-order valence-electron chi connectivity index (χ3n) is 8.92. The van der Waals surface area contributed by atoms with Crippen LogP contribution in [-0.2, 0) is 0 Å². The molecule has 0 fully saturated rings. The first-order valence-electron chi connectivity index (χ1n) is 18.4. The second-order valence-corrected chi connectivity index (χ2v) is 12.9. The van der Waals surface area contributed by atoms with Crippen molar-refractivity contribution in [2.75, 3.05) is 0 Å². The van der Waals surface area contributed by atoms with Crippen molar-refractivity contribution in [2.45, 2.75) is 219 Å². The Morgan fingerprint density at radius 2 is 0.850 bits per heavy atom. The zero-order valence-corrected chi connectivity index (χ0v) is 27.7. The van der Waals surface area contributed by atoms with Gasteiger partial charge in [-0.15, -0.1) is 0 Å². The summed E-state index contributed by atoms with van der Waals surface area (Å²) in [6, 6.07) is -0.591. The molecule has 3 heteroatoms. The minimum absolute atomic E-state index is 0.197. The molecule has 0 aliphatic carbocycles. The topological polar surface area (TPSA) is 66.5 Å². The second-order valence-electron chi connectivity index (χ2n) is 12.9. The van der Waals surface area contributed by atoms with Crippen molar-refractivity contribution in [3.63, 3.8) is 0 Å². The molecule has 3 nitrogen and oxygen atoms in total. The van der Waals surface area contributed by atoms with Crippen LogP contribution in [0.25, 0.3) is 0 Å². The highest BCUT2D eigenvalue weighted by Gasteiger charge is 2.28. The summed E-state index contributed by atoms with van der Waals surface area (Å²) >= 11 is 0. The number of aliphatic hydroxyl groups is 2. The molecule has 0 saturated heterocycles. The molecule has 0 spiro atoms. The lowest BCUT2D eigenvalue weighted by Crippen LogP contribution is -2.47. The molecule has 240 valence electrons. The van der Waals surface area contributed by atoms with Crippen molar-refractivity contribution >= 4 is 0 Å². The van der Waals surface area contributed by atoms with Gasteiger partial charge in [-0.25, -0.2) is 0 Å². The number of hydrogen-bond acceptors (Lipinski definition) is 3. The minimum Gasteiger partial charge on any atom is -0.391 e. The normalized spacial score (nSPS) is 15.1. The average Bonchev–Trinajstić information content (AvgIpc) is 2.96. The molecule has 2 unspecified atom stereocenters. The monoisotopic (exact) mass is 566 g/mol. The van der Waals surface area contributed by atoms with Gasteiger partial charge in [0.15, 0.2) is 0 Å². The molecule has 0 aliphatic heterocycles. The van der Waals surface area contributed by atoms with Crippen LogP contribution >= 0.6 is 0 Å². The minimum atomic E-state index is -0.756. The van der Waals surface area contributed by atoms with E-state index in [1.807, 2.05) is 6.08 Å². The fraction of sp³-hybridized carbons (Fsp3) is 0.946. The summed E-state index contributed by atoms with van der Waals surface area (Å²) in [6.45, 7) is 6.74. The van der Waals surface area contributed by atoms with Gasteiger partial charge in [0.25, 0.3) is 0 Å². The second kappa shape index (κ2) is 31.6. The molecule has 0 saturated carbocycles. The Balaban J connectivity index is 3.89. The maximum atomic E-state index is 11.0. The quantitative estimate of drug-likeness (QED) is 0.0561. The number of aliphatic hydroxyl groups excluding tert-OH is 2. The first kappa shape index (κ1) is 39.6. The van der Waals surface area contributed by atoms with E-state index in [0.717, 1.165) is 32.1 Å². The maximum absolute atomic E-state index is 11.0. The van der Waals surface area contributed by atoms with Crippen LogP contribution in [0.4, 0.5) is 0 Å². The molecular weight excluding hydrogens is 490 g/mol. The molecule has 0 aromatic heterocycles. The number of hydrogen-bond donors (Lipinski definition) is 3. The lowest BCUT2D eigenvalue weighted by Gasteiger charge is -2.29. The summed E-state index contributed by atoms with van der Waals surface area (Å²) in [5, 5.41) is 21.5. The Kier molecular flexibility index (Phi) is 31.3. The van der Waals surface area contributed by atoms with Crippen molar-refractivity contribution in [3.05, 3.63) is 12.2 Å². The molecule has 0 amide bonds. The number of unbranched alkanes of at least 4 members (excludes halogenated alkanes) is 23. The SMILES string of the molecule is CCCCCCCCCCCCC/C=C/[C@@H](O)[C@@H](N)C(O)C(CCC)CCCCCCCCCCCCCCC. The summed E-state index contributed by atoms with van der Waals surface area (Å²) in [7, 11) is 0. The first-order valence-corrected chi connectivity index (χ1v) is 18.4. The van der Waals surface area contributed by atoms with Crippen molar-refractivity contribution in [1.29, 1.82) is 0 Å². The van der Waals surface area contributed by atoms with E-state index in [4.69, 9.17) is 5.73 Å². The molecular formula is C37H75NO2. The third kappa shape index (κ3) is 25.3. The van der Waals surface area contributed by atoms with Gasteiger partial charge in [-0.1, -0.05) is 187 Å². The summed E-state index contributed by atoms with van der Waals surface area (Å²) in [6.07, 6.45) is 39.1. The lowest BCUT2D eigenvalue weighted by molar-refractivity contribution is 0.0302. The van der Waals surface area contributed by atoms with E-state index < -0.39 is 18.2 Å². The standard InChI is InChI=1S/C37H75NO2/c1-4-7-9-11-13-15-17-19-21-23-25-27-29-32-34(31-6-3)37(40)36(38)35(39)33-30-28-26-24-22-20-18-16-14-12-10-8-5-2/h30,33-37,39-40H,4-29,31-32,38H2,1-3H3/b33-30+/t34?,35-,36-,37?/m1/s1. The van der Waals surface area contributed by atoms with Gasteiger partial charge in [-0.3, -0.25) is 0 Å². The lowest BCUT2D eigenvalue weighted by atomic mass is 9.85. The number of rotatable bonds is 32. The molecule has 0 aromatic carbocycles. The highest BCUT2D eigenvalue weighted by atomic mass is 16.3. The molecule has 0 heterocycles. The van der Waals surface area contributed by atoms with E-state index in [0.29, 0.717) is 0 Å². The van der Waals surface area contributed by atoms with Gasteiger partial charge in [0.05, 0.1) is 18.2 Å². The zero-order chi connectivity index (χ0) is 29.5. The van der Waals surface area contributed by atoms with Gasteiger partial charge < -0.3 is 15.9 Å². The fourth-order valence-corrected chi connectivity index (χ4v) is 6.09. The highest BCUT2D eigenvalue weighted by Crippen LogP contribution is 2.23. The van der Waals surface area contributed by atoms with Crippen LogP contribution in [0, 0.1) is 5.92 Å². The van der Waals surface area contributed by atoms with Crippen LogP contribution in [0.3, 0.4) is 0 Å². The van der Waals surface area contributed by atoms with Gasteiger partial charge in [0, 0.05) is 0 Å². The van der Waals surface area contributed by atoms with E-state index in [2.05, 4.69) is 26.8 Å². The van der Waals surface area contributed by atoms with Gasteiger partial charge in [-0.05, 0) is 31.6 Å². The molecule has 4 atom stereocenters. The van der Waals surface area contributed by atoms with E-state index in [-0.39, 0.29) is 5.92 Å². The van der Waals surface area contributed by atoms with Crippen molar-refractivity contribution < 1.29 is 10.2 Å². The molecule has 0 aromatic rings. The first-order chi connectivity index (χ1) is 19.6. The Bertz CT molecular complexity index is 508. The zero-order valence-electron chi connectivity index (χ0n) is 27.7. The predicted octanol–water partition coefficient (Wildman–Crippen LogP) is 11.2. The molecule has 4 N–H and O–H groups in total. The van der Waals surface area contributed by atoms with Gasteiger partial charge in [0.1, 0.15) is 0 Å². The molecule has 0 radical (unpaired) electrons. The average molecular weight is 566 g/mol. The molecule has 40 heavy (non-hydrogen) atoms. The van der Waals surface area contributed by atoms with Crippen LogP contribution in [0.1, 0.15) is 201 Å².